The summed E-state index contributed by atoms with van der Waals surface area (Å²) >= 11 is 1.25. The molecule has 2 aromatic rings. The zero-order chi connectivity index (χ0) is 14.6. The predicted octanol–water partition coefficient (Wildman–Crippen LogP) is 2.55. The maximum absolute atomic E-state index is 13.0. The van der Waals surface area contributed by atoms with E-state index in [9.17, 15) is 13.2 Å². The van der Waals surface area contributed by atoms with Crippen LogP contribution < -0.4 is 5.32 Å². The third kappa shape index (κ3) is 2.13. The fourth-order valence-corrected chi connectivity index (χ4v) is 4.19. The van der Waals surface area contributed by atoms with Gasteiger partial charge < -0.3 is 5.32 Å². The van der Waals surface area contributed by atoms with E-state index in [-0.39, 0.29) is 5.56 Å². The van der Waals surface area contributed by atoms with Gasteiger partial charge in [-0.2, -0.15) is 13.2 Å². The van der Waals surface area contributed by atoms with Crippen molar-refractivity contribution < 1.29 is 13.2 Å². The van der Waals surface area contributed by atoms with Crippen molar-refractivity contribution in [2.75, 3.05) is 13.1 Å². The molecular weight excluding hydrogens is 301 g/mol. The number of rotatable bonds is 2. The van der Waals surface area contributed by atoms with Crippen LogP contribution in [-0.2, 0) is 6.18 Å². The molecule has 21 heavy (non-hydrogen) atoms. The molecule has 2 aliphatic rings. The monoisotopic (exact) mass is 312 g/mol. The van der Waals surface area contributed by atoms with Gasteiger partial charge in [0.25, 0.3) is 0 Å². The van der Waals surface area contributed by atoms with Crippen LogP contribution in [0.25, 0.3) is 10.6 Å². The molecule has 3 atom stereocenters. The minimum atomic E-state index is -4.48. The van der Waals surface area contributed by atoms with E-state index in [4.69, 9.17) is 0 Å². The molecule has 0 radical (unpaired) electrons. The number of halogens is 3. The molecule has 0 bridgehead atoms. The smallest absolute Gasteiger partial charge is 0.316 e. The van der Waals surface area contributed by atoms with Crippen molar-refractivity contribution in [3.05, 3.63) is 29.0 Å². The highest BCUT2D eigenvalue weighted by molar-refractivity contribution is 7.14. The molecule has 0 aromatic carbocycles. The van der Waals surface area contributed by atoms with Crippen LogP contribution in [0.3, 0.4) is 0 Å². The minimum absolute atomic E-state index is 0.0117. The van der Waals surface area contributed by atoms with E-state index in [1.165, 1.54) is 23.5 Å². The molecule has 110 valence electrons. The molecule has 0 spiro atoms. The van der Waals surface area contributed by atoms with E-state index in [0.29, 0.717) is 22.8 Å². The van der Waals surface area contributed by atoms with Crippen molar-refractivity contribution in [2.24, 2.45) is 11.8 Å². The number of alkyl halides is 3. The summed E-state index contributed by atoms with van der Waals surface area (Å²) in [5, 5.41) is 12.5. The largest absolute Gasteiger partial charge is 0.434 e. The van der Waals surface area contributed by atoms with Gasteiger partial charge in [-0.05, 0) is 37.1 Å². The number of aromatic nitrogens is 3. The third-order valence-electron chi connectivity index (χ3n) is 4.12. The lowest BCUT2D eigenvalue weighted by atomic mass is 10.2. The van der Waals surface area contributed by atoms with E-state index in [1.807, 2.05) is 0 Å². The van der Waals surface area contributed by atoms with Crippen LogP contribution in [0.1, 0.15) is 16.6 Å². The summed E-state index contributed by atoms with van der Waals surface area (Å²) < 4.78 is 39.0. The maximum atomic E-state index is 13.0. The summed E-state index contributed by atoms with van der Waals surface area (Å²) in [7, 11) is 0. The fraction of sp³-hybridized carbons (Fsp3) is 0.462. The van der Waals surface area contributed by atoms with Crippen molar-refractivity contribution in [2.45, 2.75) is 12.1 Å². The molecule has 2 aromatic heterocycles. The van der Waals surface area contributed by atoms with Crippen LogP contribution in [0.5, 0.6) is 0 Å². The molecule has 8 heteroatoms. The van der Waals surface area contributed by atoms with Gasteiger partial charge in [-0.15, -0.1) is 10.2 Å². The Morgan fingerprint density at radius 3 is 2.67 bits per heavy atom. The average molecular weight is 312 g/mol. The van der Waals surface area contributed by atoms with Gasteiger partial charge in [0.2, 0.25) is 0 Å². The van der Waals surface area contributed by atoms with Gasteiger partial charge in [0.05, 0.1) is 0 Å². The first-order valence-corrected chi connectivity index (χ1v) is 7.44. The summed E-state index contributed by atoms with van der Waals surface area (Å²) in [5.41, 5.74) is -0.886. The first kappa shape index (κ1) is 13.1. The van der Waals surface area contributed by atoms with Gasteiger partial charge in [0, 0.05) is 17.7 Å². The number of hydrogen-bond donors (Lipinski definition) is 1. The Labute approximate surface area is 122 Å². The first-order valence-electron chi connectivity index (χ1n) is 6.62. The van der Waals surface area contributed by atoms with E-state index < -0.39 is 11.9 Å². The Morgan fingerprint density at radius 1 is 1.19 bits per heavy atom. The van der Waals surface area contributed by atoms with Crippen molar-refractivity contribution in [1.82, 2.24) is 20.5 Å². The lowest BCUT2D eigenvalue weighted by Crippen LogP contribution is -2.13. The number of fused-ring (bicyclic) bond motifs is 1. The Morgan fingerprint density at radius 2 is 1.95 bits per heavy atom. The van der Waals surface area contributed by atoms with Gasteiger partial charge in [-0.3, -0.25) is 4.98 Å². The normalized spacial score (nSPS) is 27.7. The number of hydrogen-bond acceptors (Lipinski definition) is 5. The van der Waals surface area contributed by atoms with Crippen molar-refractivity contribution in [3.8, 4) is 10.6 Å². The average Bonchev–Trinajstić information content (AvgIpc) is 2.88. The number of nitrogens with zero attached hydrogens (tertiary/aromatic N) is 3. The highest BCUT2D eigenvalue weighted by Crippen LogP contribution is 2.56. The molecule has 1 saturated heterocycles. The summed E-state index contributed by atoms with van der Waals surface area (Å²) in [4.78, 5) is 3.46. The molecule has 1 aliphatic carbocycles. The second kappa shape index (κ2) is 4.48. The second-order valence-corrected chi connectivity index (χ2v) is 6.36. The lowest BCUT2D eigenvalue weighted by molar-refractivity contribution is -0.140. The Hall–Kier alpha value is -1.54. The molecule has 1 aliphatic heterocycles. The molecule has 1 N–H and O–H groups in total. The van der Waals surface area contributed by atoms with Gasteiger partial charge in [0.15, 0.2) is 5.69 Å². The Kier molecular flexibility index (Phi) is 2.80. The van der Waals surface area contributed by atoms with E-state index in [0.717, 1.165) is 24.3 Å². The summed E-state index contributed by atoms with van der Waals surface area (Å²) in [6.45, 7) is 1.93. The molecule has 4 rings (SSSR count). The lowest BCUT2D eigenvalue weighted by Gasteiger charge is -2.08. The predicted molar refractivity (Wildman–Crippen MR) is 70.7 cm³/mol. The van der Waals surface area contributed by atoms with Crippen LogP contribution in [0.4, 0.5) is 13.2 Å². The summed E-state index contributed by atoms with van der Waals surface area (Å²) in [5.74, 6) is 1.51. The van der Waals surface area contributed by atoms with E-state index in [2.05, 4.69) is 20.5 Å². The first-order chi connectivity index (χ1) is 10.1. The van der Waals surface area contributed by atoms with Crippen LogP contribution >= 0.6 is 11.3 Å². The minimum Gasteiger partial charge on any atom is -0.316 e. The van der Waals surface area contributed by atoms with Crippen molar-refractivity contribution in [3.63, 3.8) is 0 Å². The fourth-order valence-electron chi connectivity index (χ4n) is 3.07. The molecule has 2 fully saturated rings. The van der Waals surface area contributed by atoms with Crippen molar-refractivity contribution in [1.29, 1.82) is 0 Å². The maximum Gasteiger partial charge on any atom is 0.434 e. The topological polar surface area (TPSA) is 50.7 Å². The second-order valence-electron chi connectivity index (χ2n) is 5.35. The quantitative estimate of drug-likeness (QED) is 0.926. The Balaban J connectivity index is 1.68. The number of nitrogens with one attached hydrogen (secondary N) is 1. The van der Waals surface area contributed by atoms with Gasteiger partial charge in [-0.1, -0.05) is 11.3 Å². The van der Waals surface area contributed by atoms with Crippen LogP contribution in [0, 0.1) is 11.8 Å². The number of pyridine rings is 1. The molecule has 4 nitrogen and oxygen atoms in total. The highest BCUT2D eigenvalue weighted by atomic mass is 32.1. The van der Waals surface area contributed by atoms with Crippen LogP contribution in [-0.4, -0.2) is 28.3 Å². The third-order valence-corrected chi connectivity index (χ3v) is 5.18. The molecule has 3 heterocycles. The van der Waals surface area contributed by atoms with Crippen molar-refractivity contribution >= 4 is 11.3 Å². The van der Waals surface area contributed by atoms with Gasteiger partial charge in [-0.25, -0.2) is 0 Å². The molecular formula is C13H11F3N4S. The molecule has 1 saturated carbocycles. The SMILES string of the molecule is FC(F)(F)c1ncccc1-c1nnc(C2[C@H]3CNC[C@@H]23)s1. The van der Waals surface area contributed by atoms with Gasteiger partial charge in [0.1, 0.15) is 10.0 Å². The van der Waals surface area contributed by atoms with E-state index >= 15 is 0 Å². The molecule has 0 amide bonds. The summed E-state index contributed by atoms with van der Waals surface area (Å²) in [6, 6.07) is 2.89. The van der Waals surface area contributed by atoms with Gasteiger partial charge >= 0.3 is 6.18 Å². The standard InChI is InChI=1S/C13H11F3N4S/c14-13(15,16)10-6(2-1-3-18-10)11-19-20-12(21-11)9-7-4-17-5-8(7)9/h1-3,7-9,17H,4-5H2/t7-,8+,9?. The Bertz CT molecular complexity index is 674. The zero-order valence-electron chi connectivity index (χ0n) is 10.8. The zero-order valence-corrected chi connectivity index (χ0v) is 11.6. The van der Waals surface area contributed by atoms with E-state index in [1.54, 1.807) is 0 Å². The molecule has 1 unspecified atom stereocenters. The van der Waals surface area contributed by atoms with Crippen LogP contribution in [0.2, 0.25) is 0 Å². The highest BCUT2D eigenvalue weighted by Gasteiger charge is 2.55. The van der Waals surface area contributed by atoms with Crippen LogP contribution in [0.15, 0.2) is 18.3 Å². The summed E-state index contributed by atoms with van der Waals surface area (Å²) in [6.07, 6.45) is -3.34. The number of piperidine rings is 1.